The summed E-state index contributed by atoms with van der Waals surface area (Å²) in [5.41, 5.74) is -0.640. The van der Waals surface area contributed by atoms with Gasteiger partial charge in [-0.15, -0.1) is 0 Å². The van der Waals surface area contributed by atoms with Gasteiger partial charge in [-0.3, -0.25) is 4.72 Å². The fraction of sp³-hybridized carbons (Fsp3) is 0.538. The number of anilines is 1. The van der Waals surface area contributed by atoms with Crippen LogP contribution in [0.2, 0.25) is 0 Å². The Kier molecular flexibility index (Phi) is 7.02. The molecule has 2 N–H and O–H groups in total. The summed E-state index contributed by atoms with van der Waals surface area (Å²) in [6.45, 7) is 4.70. The van der Waals surface area contributed by atoms with Crippen LogP contribution >= 0.6 is 15.9 Å². The van der Waals surface area contributed by atoms with E-state index in [-0.39, 0.29) is 10.2 Å². The van der Waals surface area contributed by atoms with E-state index >= 15 is 0 Å². The van der Waals surface area contributed by atoms with Crippen molar-refractivity contribution in [2.75, 3.05) is 17.0 Å². The van der Waals surface area contributed by atoms with Crippen molar-refractivity contribution in [2.24, 2.45) is 0 Å². The molecule has 0 saturated carbocycles. The first-order valence-electron chi connectivity index (χ1n) is 6.59. The van der Waals surface area contributed by atoms with Crippen LogP contribution in [0.15, 0.2) is 16.6 Å². The monoisotopic (exact) mass is 384 g/mol. The highest BCUT2D eigenvalue weighted by atomic mass is 79.9. The molecule has 0 spiro atoms. The molecule has 0 unspecified atom stereocenters. The lowest BCUT2D eigenvalue weighted by Crippen LogP contribution is -2.24. The van der Waals surface area contributed by atoms with E-state index in [0.717, 1.165) is 12.1 Å². The third-order valence-corrected chi connectivity index (χ3v) is 4.46. The lowest BCUT2D eigenvalue weighted by atomic mass is 10.3. The minimum Gasteiger partial charge on any atom is -0.315 e. The zero-order valence-electron chi connectivity index (χ0n) is 11.9. The van der Waals surface area contributed by atoms with Gasteiger partial charge in [-0.25, -0.2) is 17.2 Å². The molecule has 1 rings (SSSR count). The summed E-state index contributed by atoms with van der Waals surface area (Å²) in [6.07, 6.45) is 1.08. The molecule has 120 valence electrons. The van der Waals surface area contributed by atoms with E-state index in [1.165, 1.54) is 0 Å². The second kappa shape index (κ2) is 8.05. The molecule has 0 aliphatic carbocycles. The van der Waals surface area contributed by atoms with E-state index in [2.05, 4.69) is 21.2 Å². The number of sulfonamides is 1. The van der Waals surface area contributed by atoms with E-state index in [1.807, 2.05) is 18.6 Å². The van der Waals surface area contributed by atoms with Gasteiger partial charge in [-0.2, -0.15) is 0 Å². The van der Waals surface area contributed by atoms with Crippen molar-refractivity contribution in [1.82, 2.24) is 5.32 Å². The molecule has 1 aromatic carbocycles. The van der Waals surface area contributed by atoms with Crippen LogP contribution in [0.4, 0.5) is 14.5 Å². The summed E-state index contributed by atoms with van der Waals surface area (Å²) in [5, 5.41) is 3.17. The Hall–Kier alpha value is -0.730. The number of hydrogen-bond donors (Lipinski definition) is 2. The van der Waals surface area contributed by atoms with Crippen molar-refractivity contribution >= 4 is 31.6 Å². The largest absolute Gasteiger partial charge is 0.315 e. The van der Waals surface area contributed by atoms with Crippen LogP contribution in [0.3, 0.4) is 0 Å². The third-order valence-electron chi connectivity index (χ3n) is 2.66. The second-order valence-electron chi connectivity index (χ2n) is 4.98. The van der Waals surface area contributed by atoms with Crippen molar-refractivity contribution in [3.8, 4) is 0 Å². The van der Waals surface area contributed by atoms with Gasteiger partial charge >= 0.3 is 0 Å². The second-order valence-corrected chi connectivity index (χ2v) is 7.74. The molecule has 0 atom stereocenters. The average Bonchev–Trinajstić information content (AvgIpc) is 2.33. The van der Waals surface area contributed by atoms with E-state index in [1.54, 1.807) is 0 Å². The highest BCUT2D eigenvalue weighted by Crippen LogP contribution is 2.24. The van der Waals surface area contributed by atoms with E-state index in [4.69, 9.17) is 0 Å². The van der Waals surface area contributed by atoms with Crippen molar-refractivity contribution in [2.45, 2.75) is 32.7 Å². The van der Waals surface area contributed by atoms with E-state index in [9.17, 15) is 17.2 Å². The quantitative estimate of drug-likeness (QED) is 0.676. The molecule has 0 bridgehead atoms. The van der Waals surface area contributed by atoms with Gasteiger partial charge in [0.25, 0.3) is 0 Å². The van der Waals surface area contributed by atoms with Crippen molar-refractivity contribution in [1.29, 1.82) is 0 Å². The van der Waals surface area contributed by atoms with E-state index in [0.29, 0.717) is 25.4 Å². The summed E-state index contributed by atoms with van der Waals surface area (Å²) in [5.74, 6) is -2.08. The zero-order valence-corrected chi connectivity index (χ0v) is 14.3. The fourth-order valence-electron chi connectivity index (χ4n) is 1.65. The summed E-state index contributed by atoms with van der Waals surface area (Å²) in [7, 11) is -3.77. The minimum absolute atomic E-state index is 0.179. The number of nitrogens with one attached hydrogen (secondary N) is 2. The SMILES string of the molecule is CC(C)NCCCCS(=O)(=O)Nc1c(F)cc(Br)cc1F. The topological polar surface area (TPSA) is 58.2 Å². The van der Waals surface area contributed by atoms with Crippen LogP contribution in [0, 0.1) is 11.6 Å². The van der Waals surface area contributed by atoms with Gasteiger partial charge in [-0.05, 0) is 31.5 Å². The molecular formula is C13H19BrF2N2O2S. The molecule has 0 amide bonds. The molecule has 0 saturated heterocycles. The lowest BCUT2D eigenvalue weighted by molar-refractivity contribution is 0.559. The average molecular weight is 385 g/mol. The van der Waals surface area contributed by atoms with E-state index < -0.39 is 27.3 Å². The molecule has 21 heavy (non-hydrogen) atoms. The molecule has 0 radical (unpaired) electrons. The maximum atomic E-state index is 13.6. The van der Waals surface area contributed by atoms with Crippen LogP contribution < -0.4 is 10.0 Å². The first kappa shape index (κ1) is 18.3. The summed E-state index contributed by atoms with van der Waals surface area (Å²) >= 11 is 2.93. The number of benzene rings is 1. The maximum Gasteiger partial charge on any atom is 0.232 e. The first-order chi connectivity index (χ1) is 9.71. The number of hydrogen-bond acceptors (Lipinski definition) is 3. The zero-order chi connectivity index (χ0) is 16.0. The van der Waals surface area contributed by atoms with Crippen molar-refractivity contribution in [3.63, 3.8) is 0 Å². The molecule has 0 aromatic heterocycles. The summed E-state index contributed by atoms with van der Waals surface area (Å²) in [6, 6.07) is 2.35. The molecule has 0 fully saturated rings. The predicted octanol–water partition coefficient (Wildman–Crippen LogP) is 3.25. The Balaban J connectivity index is 2.57. The Labute approximate surface area is 132 Å². The van der Waals surface area contributed by atoms with Gasteiger partial charge in [-0.1, -0.05) is 29.8 Å². The number of rotatable bonds is 8. The molecule has 0 heterocycles. The minimum atomic E-state index is -3.77. The standard InChI is InChI=1S/C13H19BrF2N2O2S/c1-9(2)17-5-3-4-6-21(19,20)18-13-11(15)7-10(14)8-12(13)16/h7-9,17-18H,3-6H2,1-2H3. The van der Waals surface area contributed by atoms with Crippen molar-refractivity contribution < 1.29 is 17.2 Å². The normalized spacial score (nSPS) is 11.9. The Morgan fingerprint density at radius 3 is 2.29 bits per heavy atom. The van der Waals surface area contributed by atoms with Crippen LogP contribution in [0.25, 0.3) is 0 Å². The molecule has 0 aliphatic heterocycles. The number of unbranched alkanes of at least 4 members (excludes halogenated alkanes) is 1. The van der Waals surface area contributed by atoms with Gasteiger partial charge in [0.15, 0.2) is 11.6 Å². The lowest BCUT2D eigenvalue weighted by Gasteiger charge is -2.11. The Morgan fingerprint density at radius 1 is 1.19 bits per heavy atom. The smallest absolute Gasteiger partial charge is 0.232 e. The summed E-state index contributed by atoms with van der Waals surface area (Å²) in [4.78, 5) is 0. The molecular weight excluding hydrogens is 366 g/mol. The fourth-order valence-corrected chi connectivity index (χ4v) is 3.25. The number of halogens is 3. The third kappa shape index (κ3) is 6.71. The van der Waals surface area contributed by atoms with Gasteiger partial charge in [0, 0.05) is 10.5 Å². The highest BCUT2D eigenvalue weighted by Gasteiger charge is 2.17. The van der Waals surface area contributed by atoms with Crippen LogP contribution in [-0.2, 0) is 10.0 Å². The molecule has 1 aromatic rings. The Morgan fingerprint density at radius 2 is 1.76 bits per heavy atom. The molecule has 0 aliphatic rings. The molecule has 8 heteroatoms. The van der Waals surface area contributed by atoms with Crippen molar-refractivity contribution in [3.05, 3.63) is 28.2 Å². The maximum absolute atomic E-state index is 13.6. The predicted molar refractivity (Wildman–Crippen MR) is 83.8 cm³/mol. The Bertz CT molecular complexity index is 557. The van der Waals surface area contributed by atoms with Crippen LogP contribution in [-0.4, -0.2) is 26.8 Å². The highest BCUT2D eigenvalue weighted by molar-refractivity contribution is 9.10. The molecule has 4 nitrogen and oxygen atoms in total. The van der Waals surface area contributed by atoms with Gasteiger partial charge in [0.1, 0.15) is 5.69 Å². The van der Waals surface area contributed by atoms with Crippen LogP contribution in [0.5, 0.6) is 0 Å². The van der Waals surface area contributed by atoms with Crippen LogP contribution in [0.1, 0.15) is 26.7 Å². The summed E-state index contributed by atoms with van der Waals surface area (Å²) < 4.78 is 52.9. The van der Waals surface area contributed by atoms with Gasteiger partial charge in [0.2, 0.25) is 10.0 Å². The first-order valence-corrected chi connectivity index (χ1v) is 9.04. The van der Waals surface area contributed by atoms with Gasteiger partial charge in [0.05, 0.1) is 5.75 Å². The van der Waals surface area contributed by atoms with Gasteiger partial charge < -0.3 is 5.32 Å².